The maximum atomic E-state index is 12.0. The van der Waals surface area contributed by atoms with Crippen molar-refractivity contribution >= 4 is 38.5 Å². The zero-order chi connectivity index (χ0) is 15.4. The third kappa shape index (κ3) is 4.16. The smallest absolute Gasteiger partial charge is 0.251 e. The van der Waals surface area contributed by atoms with Crippen LogP contribution in [0.1, 0.15) is 24.2 Å². The van der Waals surface area contributed by atoms with Crippen molar-refractivity contribution in [2.24, 2.45) is 5.92 Å². The molecule has 6 nitrogen and oxygen atoms in total. The summed E-state index contributed by atoms with van der Waals surface area (Å²) >= 11 is 1.33. The molecule has 1 heterocycles. The topological polar surface area (TPSA) is 97.1 Å². The normalized spacial score (nSPS) is 10.8. The van der Waals surface area contributed by atoms with E-state index in [1.54, 1.807) is 18.2 Å². The summed E-state index contributed by atoms with van der Waals surface area (Å²) < 4.78 is 0.851. The number of hydrogen-bond acceptors (Lipinski definition) is 5. The molecule has 21 heavy (non-hydrogen) atoms. The first kappa shape index (κ1) is 15.2. The number of benzene rings is 1. The van der Waals surface area contributed by atoms with Crippen molar-refractivity contribution in [2.75, 3.05) is 18.8 Å². The zero-order valence-corrected chi connectivity index (χ0v) is 12.8. The molecule has 0 aliphatic carbocycles. The molecule has 2 aromatic rings. The van der Waals surface area contributed by atoms with Crippen LogP contribution in [0.15, 0.2) is 18.2 Å². The van der Waals surface area contributed by atoms with Crippen LogP contribution in [0.3, 0.4) is 0 Å². The minimum atomic E-state index is -0.288. The fourth-order valence-corrected chi connectivity index (χ4v) is 2.50. The summed E-state index contributed by atoms with van der Waals surface area (Å²) in [6, 6.07) is 5.14. The summed E-state index contributed by atoms with van der Waals surface area (Å²) in [5.41, 5.74) is 6.88. The Morgan fingerprint density at radius 3 is 2.81 bits per heavy atom. The van der Waals surface area contributed by atoms with E-state index in [1.165, 1.54) is 11.3 Å². The Morgan fingerprint density at radius 1 is 1.33 bits per heavy atom. The molecule has 0 fully saturated rings. The van der Waals surface area contributed by atoms with E-state index in [9.17, 15) is 9.59 Å². The van der Waals surface area contributed by atoms with E-state index in [0.717, 1.165) is 10.2 Å². The van der Waals surface area contributed by atoms with Crippen LogP contribution >= 0.6 is 11.3 Å². The Morgan fingerprint density at radius 2 is 2.10 bits per heavy atom. The van der Waals surface area contributed by atoms with Crippen molar-refractivity contribution in [3.8, 4) is 0 Å². The van der Waals surface area contributed by atoms with Crippen LogP contribution in [0.4, 0.5) is 5.13 Å². The molecule has 2 amide bonds. The van der Waals surface area contributed by atoms with Gasteiger partial charge in [0, 0.05) is 12.1 Å². The van der Waals surface area contributed by atoms with Gasteiger partial charge in [-0.25, -0.2) is 4.98 Å². The minimum Gasteiger partial charge on any atom is -0.375 e. The van der Waals surface area contributed by atoms with Crippen LogP contribution < -0.4 is 16.4 Å². The van der Waals surface area contributed by atoms with Crippen LogP contribution in [-0.2, 0) is 4.79 Å². The van der Waals surface area contributed by atoms with E-state index in [2.05, 4.69) is 15.6 Å². The summed E-state index contributed by atoms with van der Waals surface area (Å²) in [4.78, 5) is 27.7. The van der Waals surface area contributed by atoms with Gasteiger partial charge in [-0.1, -0.05) is 25.2 Å². The number of carbonyl (C=O) groups is 2. The molecule has 0 spiro atoms. The van der Waals surface area contributed by atoms with E-state index in [4.69, 9.17) is 5.73 Å². The number of aromatic nitrogens is 1. The SMILES string of the molecule is CC(C)CNC(=O)CNC(=O)c1ccc2nc(N)sc2c1. The van der Waals surface area contributed by atoms with Crippen molar-refractivity contribution < 1.29 is 9.59 Å². The van der Waals surface area contributed by atoms with Gasteiger partial charge < -0.3 is 16.4 Å². The summed E-state index contributed by atoms with van der Waals surface area (Å²) in [5.74, 6) is -0.104. The van der Waals surface area contributed by atoms with Gasteiger partial charge in [0.25, 0.3) is 5.91 Å². The van der Waals surface area contributed by atoms with Gasteiger partial charge in [0.05, 0.1) is 16.8 Å². The molecule has 0 atom stereocenters. The van der Waals surface area contributed by atoms with Crippen LogP contribution in [0.5, 0.6) is 0 Å². The predicted molar refractivity (Wildman–Crippen MR) is 84.2 cm³/mol. The molecule has 7 heteroatoms. The maximum absolute atomic E-state index is 12.0. The molecule has 112 valence electrons. The average Bonchev–Trinajstić information content (AvgIpc) is 2.81. The second kappa shape index (κ2) is 6.53. The van der Waals surface area contributed by atoms with E-state index in [-0.39, 0.29) is 18.4 Å². The number of nitrogens with two attached hydrogens (primary N) is 1. The van der Waals surface area contributed by atoms with Gasteiger partial charge in [-0.15, -0.1) is 0 Å². The van der Waals surface area contributed by atoms with Gasteiger partial charge in [-0.05, 0) is 24.1 Å². The Hall–Kier alpha value is -2.15. The molecule has 0 radical (unpaired) electrons. The number of anilines is 1. The molecule has 0 unspecified atom stereocenters. The first-order valence-corrected chi connectivity index (χ1v) is 7.48. The largest absolute Gasteiger partial charge is 0.375 e. The lowest BCUT2D eigenvalue weighted by atomic mass is 10.2. The molecule has 1 aromatic heterocycles. The molecule has 0 saturated heterocycles. The van der Waals surface area contributed by atoms with E-state index >= 15 is 0 Å². The number of fused-ring (bicyclic) bond motifs is 1. The highest BCUT2D eigenvalue weighted by Crippen LogP contribution is 2.24. The van der Waals surface area contributed by atoms with Gasteiger partial charge in [-0.2, -0.15) is 0 Å². The number of hydrogen-bond donors (Lipinski definition) is 3. The fraction of sp³-hybridized carbons (Fsp3) is 0.357. The number of nitrogens with zero attached hydrogens (tertiary/aromatic N) is 1. The maximum Gasteiger partial charge on any atom is 0.251 e. The van der Waals surface area contributed by atoms with Crippen LogP contribution in [-0.4, -0.2) is 29.9 Å². The van der Waals surface area contributed by atoms with Gasteiger partial charge >= 0.3 is 0 Å². The molecule has 0 aliphatic heterocycles. The number of nitrogen functional groups attached to an aromatic ring is 1. The van der Waals surface area contributed by atoms with E-state index in [0.29, 0.717) is 23.2 Å². The first-order chi connectivity index (χ1) is 9.95. The highest BCUT2D eigenvalue weighted by atomic mass is 32.1. The third-order valence-electron chi connectivity index (χ3n) is 2.78. The van der Waals surface area contributed by atoms with Crippen molar-refractivity contribution in [3.05, 3.63) is 23.8 Å². The van der Waals surface area contributed by atoms with E-state index < -0.39 is 0 Å². The Balaban J connectivity index is 1.94. The van der Waals surface area contributed by atoms with Crippen molar-refractivity contribution in [1.82, 2.24) is 15.6 Å². The molecule has 0 saturated carbocycles. The van der Waals surface area contributed by atoms with Crippen molar-refractivity contribution in [1.29, 1.82) is 0 Å². The highest BCUT2D eigenvalue weighted by Gasteiger charge is 2.10. The fourth-order valence-electron chi connectivity index (χ4n) is 1.73. The standard InChI is InChI=1S/C14H18N4O2S/c1-8(2)6-16-12(19)7-17-13(20)9-3-4-10-11(5-9)21-14(15)18-10/h3-5,8H,6-7H2,1-2H3,(H2,15,18)(H,16,19)(H,17,20). The summed E-state index contributed by atoms with van der Waals surface area (Å²) in [6.07, 6.45) is 0. The molecule has 4 N–H and O–H groups in total. The minimum absolute atomic E-state index is 0.0333. The summed E-state index contributed by atoms with van der Waals surface area (Å²) in [6.45, 7) is 4.58. The molecule has 2 rings (SSSR count). The highest BCUT2D eigenvalue weighted by molar-refractivity contribution is 7.22. The Labute approximate surface area is 126 Å². The number of nitrogens with one attached hydrogen (secondary N) is 2. The van der Waals surface area contributed by atoms with Crippen molar-refractivity contribution in [3.63, 3.8) is 0 Å². The third-order valence-corrected chi connectivity index (χ3v) is 3.63. The van der Waals surface area contributed by atoms with Crippen molar-refractivity contribution in [2.45, 2.75) is 13.8 Å². The number of carbonyl (C=O) groups excluding carboxylic acids is 2. The van der Waals surface area contributed by atoms with Crippen LogP contribution in [0, 0.1) is 5.92 Å². The lowest BCUT2D eigenvalue weighted by Crippen LogP contribution is -2.38. The van der Waals surface area contributed by atoms with Crippen LogP contribution in [0.2, 0.25) is 0 Å². The van der Waals surface area contributed by atoms with Gasteiger partial charge in [0.1, 0.15) is 0 Å². The zero-order valence-electron chi connectivity index (χ0n) is 12.0. The van der Waals surface area contributed by atoms with Gasteiger partial charge in [-0.3, -0.25) is 9.59 Å². The second-order valence-electron chi connectivity index (χ2n) is 5.12. The van der Waals surface area contributed by atoms with E-state index in [1.807, 2.05) is 13.8 Å². The summed E-state index contributed by atoms with van der Waals surface area (Å²) in [5, 5.41) is 5.81. The number of thiazole rings is 1. The predicted octanol–water partition coefficient (Wildman–Crippen LogP) is 1.38. The first-order valence-electron chi connectivity index (χ1n) is 6.66. The molecular weight excluding hydrogens is 288 g/mol. The summed E-state index contributed by atoms with van der Waals surface area (Å²) in [7, 11) is 0. The molecule has 0 aliphatic rings. The molecule has 1 aromatic carbocycles. The van der Waals surface area contributed by atoms with Crippen LogP contribution in [0.25, 0.3) is 10.2 Å². The monoisotopic (exact) mass is 306 g/mol. The second-order valence-corrected chi connectivity index (χ2v) is 6.18. The average molecular weight is 306 g/mol. The lowest BCUT2D eigenvalue weighted by Gasteiger charge is -2.08. The number of amides is 2. The quantitative estimate of drug-likeness (QED) is 0.777. The molecular formula is C14H18N4O2S. The van der Waals surface area contributed by atoms with Gasteiger partial charge in [0.2, 0.25) is 5.91 Å². The van der Waals surface area contributed by atoms with Gasteiger partial charge in [0.15, 0.2) is 5.13 Å². The Bertz CT molecular complexity index is 666. The molecule has 0 bridgehead atoms. The lowest BCUT2D eigenvalue weighted by molar-refractivity contribution is -0.120. The number of rotatable bonds is 5. The Kier molecular flexibility index (Phi) is 4.74.